The van der Waals surface area contributed by atoms with E-state index in [1.54, 1.807) is 0 Å². The van der Waals surface area contributed by atoms with Gasteiger partial charge in [-0.05, 0) is 0 Å². The van der Waals surface area contributed by atoms with E-state index < -0.39 is 5.97 Å². The summed E-state index contributed by atoms with van der Waals surface area (Å²) in [4.78, 5) is 10.5. The molecule has 1 heterocycles. The van der Waals surface area contributed by atoms with Gasteiger partial charge in [-0.2, -0.15) is 0 Å². The molecule has 0 saturated carbocycles. The summed E-state index contributed by atoms with van der Waals surface area (Å²) in [5.41, 5.74) is 10.4. The van der Waals surface area contributed by atoms with Gasteiger partial charge in [-0.3, -0.25) is 0 Å². The molecule has 1 rings (SSSR count). The number of carboxylic acids is 1. The van der Waals surface area contributed by atoms with Gasteiger partial charge in [0.15, 0.2) is 5.70 Å². The third-order valence-corrected chi connectivity index (χ3v) is 1.52. The zero-order valence-corrected chi connectivity index (χ0v) is 6.64. The quantitative estimate of drug-likeness (QED) is 0.329. The van der Waals surface area contributed by atoms with Crippen LogP contribution in [0, 0.1) is 0 Å². The molecule has 0 unspecified atom stereocenters. The summed E-state index contributed by atoms with van der Waals surface area (Å²) in [5.74, 6) is -1.17. The van der Waals surface area contributed by atoms with Gasteiger partial charge in [-0.15, -0.1) is 0 Å². The van der Waals surface area contributed by atoms with Crippen molar-refractivity contribution in [2.45, 2.75) is 0 Å². The molecule has 1 aliphatic heterocycles. The fourth-order valence-electron chi connectivity index (χ4n) is 0.676. The zero-order valence-electron chi connectivity index (χ0n) is 5.89. The number of halogens is 1. The number of hydrogen-bond donors (Lipinski definition) is 5. The smallest absolute Gasteiger partial charge is 0.356 e. The summed E-state index contributed by atoms with van der Waals surface area (Å²) in [6.07, 6.45) is 0. The largest absolute Gasteiger partial charge is 0.476 e. The molecule has 0 aromatic heterocycles. The number of aliphatic carboxylic acids is 1. The van der Waals surface area contributed by atoms with Crippen LogP contribution in [0.2, 0.25) is 0 Å². The second-order valence-corrected chi connectivity index (χ2v) is 2.45. The van der Waals surface area contributed by atoms with Crippen LogP contribution in [0.25, 0.3) is 0 Å². The molecule has 0 aromatic carbocycles. The first kappa shape index (κ1) is 8.54. The van der Waals surface area contributed by atoms with Crippen molar-refractivity contribution in [2.24, 2.45) is 11.5 Å². The Hall–Kier alpha value is -1.56. The van der Waals surface area contributed by atoms with Gasteiger partial charge in [0.25, 0.3) is 0 Å². The molecule has 0 saturated heterocycles. The molecule has 1 aliphatic rings. The molecular weight excluding hydrogens is 184 g/mol. The Morgan fingerprint density at radius 1 is 1.33 bits per heavy atom. The van der Waals surface area contributed by atoms with E-state index >= 15 is 0 Å². The second-order valence-electron chi connectivity index (χ2n) is 2.07. The minimum absolute atomic E-state index is 0.0154. The van der Waals surface area contributed by atoms with Gasteiger partial charge in [-0.25, -0.2) is 4.79 Å². The number of carboxylic acid groups (broad SMARTS) is 1. The second kappa shape index (κ2) is 2.82. The average molecular weight is 191 g/mol. The topological polar surface area (TPSA) is 113 Å². The van der Waals surface area contributed by atoms with E-state index in [0.29, 0.717) is 0 Å². The number of hydrogen-bond acceptors (Lipinski definition) is 5. The highest BCUT2D eigenvalue weighted by molar-refractivity contribution is 6.30. The van der Waals surface area contributed by atoms with Crippen molar-refractivity contribution < 1.29 is 9.90 Å². The molecule has 0 aromatic rings. The van der Waals surface area contributed by atoms with Gasteiger partial charge in [0.2, 0.25) is 0 Å². The summed E-state index contributed by atoms with van der Waals surface area (Å²) in [6.45, 7) is 0. The van der Waals surface area contributed by atoms with Crippen molar-refractivity contribution >= 4 is 17.6 Å². The Balaban J connectivity index is 2.93. The molecule has 66 valence electrons. The summed E-state index contributed by atoms with van der Waals surface area (Å²) >= 11 is 5.50. The molecule has 0 atom stereocenters. The lowest BCUT2D eigenvalue weighted by atomic mass is 10.4. The van der Waals surface area contributed by atoms with Crippen LogP contribution >= 0.6 is 11.6 Å². The van der Waals surface area contributed by atoms with E-state index in [1.807, 2.05) is 0 Å². The Morgan fingerprint density at radius 3 is 2.42 bits per heavy atom. The normalized spacial score (nSPS) is 17.1. The predicted molar refractivity (Wildman–Crippen MR) is 42.2 cm³/mol. The van der Waals surface area contributed by atoms with Crippen LogP contribution in [-0.4, -0.2) is 11.1 Å². The highest BCUT2D eigenvalue weighted by Crippen LogP contribution is 2.09. The van der Waals surface area contributed by atoms with E-state index in [-0.39, 0.29) is 22.5 Å². The molecule has 0 fully saturated rings. The van der Waals surface area contributed by atoms with Crippen LogP contribution in [0.4, 0.5) is 0 Å². The van der Waals surface area contributed by atoms with Crippen molar-refractivity contribution in [3.05, 3.63) is 22.5 Å². The van der Waals surface area contributed by atoms with E-state index in [4.69, 9.17) is 28.2 Å². The SMILES string of the molecule is NC1=C(Cl)NC(C(=O)O)=C(N)N1. The lowest BCUT2D eigenvalue weighted by Gasteiger charge is -2.18. The Kier molecular flexibility index (Phi) is 2.01. The van der Waals surface area contributed by atoms with Gasteiger partial charge < -0.3 is 27.2 Å². The molecule has 0 radical (unpaired) electrons. The van der Waals surface area contributed by atoms with Crippen LogP contribution < -0.4 is 22.1 Å². The number of nitrogens with one attached hydrogen (secondary N) is 2. The summed E-state index contributed by atoms with van der Waals surface area (Å²) in [7, 11) is 0. The van der Waals surface area contributed by atoms with Crippen molar-refractivity contribution in [3.8, 4) is 0 Å². The van der Waals surface area contributed by atoms with E-state index in [2.05, 4.69) is 10.6 Å². The molecule has 0 amide bonds. The monoisotopic (exact) mass is 190 g/mol. The maximum Gasteiger partial charge on any atom is 0.356 e. The van der Waals surface area contributed by atoms with Crippen LogP contribution in [-0.2, 0) is 4.79 Å². The Bertz CT molecular complexity index is 296. The maximum absolute atomic E-state index is 10.5. The van der Waals surface area contributed by atoms with E-state index in [9.17, 15) is 4.79 Å². The lowest BCUT2D eigenvalue weighted by Crippen LogP contribution is -2.39. The molecule has 0 aliphatic carbocycles. The van der Waals surface area contributed by atoms with E-state index in [1.165, 1.54) is 0 Å². The highest BCUT2D eigenvalue weighted by Gasteiger charge is 2.19. The minimum Gasteiger partial charge on any atom is -0.476 e. The maximum atomic E-state index is 10.5. The van der Waals surface area contributed by atoms with Crippen molar-refractivity contribution in [3.63, 3.8) is 0 Å². The molecule has 12 heavy (non-hydrogen) atoms. The van der Waals surface area contributed by atoms with Gasteiger partial charge in [0, 0.05) is 0 Å². The van der Waals surface area contributed by atoms with Crippen molar-refractivity contribution in [1.82, 2.24) is 10.6 Å². The fourth-order valence-corrected chi connectivity index (χ4v) is 0.817. The van der Waals surface area contributed by atoms with Gasteiger partial charge >= 0.3 is 5.97 Å². The highest BCUT2D eigenvalue weighted by atomic mass is 35.5. The molecular formula is C5H7ClN4O2. The molecule has 7 N–H and O–H groups in total. The van der Waals surface area contributed by atoms with Crippen LogP contribution in [0.5, 0.6) is 0 Å². The first-order valence-corrected chi connectivity index (χ1v) is 3.32. The molecule has 6 nitrogen and oxygen atoms in total. The third kappa shape index (κ3) is 1.37. The first-order chi connectivity index (χ1) is 5.52. The Morgan fingerprint density at radius 2 is 1.92 bits per heavy atom. The van der Waals surface area contributed by atoms with E-state index in [0.717, 1.165) is 0 Å². The number of rotatable bonds is 1. The van der Waals surface area contributed by atoms with Gasteiger partial charge in [0.1, 0.15) is 16.8 Å². The minimum atomic E-state index is -1.20. The standard InChI is InChI=1S/C5H7ClN4O2/c6-2-4(8)10-3(7)1(9-2)5(11)12/h9-10H,7-8H2,(H,11,12). The summed E-state index contributed by atoms with van der Waals surface area (Å²) < 4.78 is 0. The summed E-state index contributed by atoms with van der Waals surface area (Å²) in [5, 5.41) is 13.3. The number of carbonyl (C=O) groups is 1. The first-order valence-electron chi connectivity index (χ1n) is 2.94. The predicted octanol–water partition coefficient (Wildman–Crippen LogP) is -1.28. The van der Waals surface area contributed by atoms with Crippen molar-refractivity contribution in [2.75, 3.05) is 0 Å². The van der Waals surface area contributed by atoms with Crippen LogP contribution in [0.1, 0.15) is 0 Å². The van der Waals surface area contributed by atoms with Crippen LogP contribution in [0.15, 0.2) is 22.5 Å². The fraction of sp³-hybridized carbons (Fsp3) is 0. The molecule has 0 bridgehead atoms. The van der Waals surface area contributed by atoms with Crippen LogP contribution in [0.3, 0.4) is 0 Å². The Labute approximate surface area is 72.9 Å². The van der Waals surface area contributed by atoms with Gasteiger partial charge in [-0.1, -0.05) is 11.6 Å². The van der Waals surface area contributed by atoms with Crippen molar-refractivity contribution in [1.29, 1.82) is 0 Å². The summed E-state index contributed by atoms with van der Waals surface area (Å²) in [6, 6.07) is 0. The number of nitrogens with two attached hydrogens (primary N) is 2. The molecule has 7 heteroatoms. The van der Waals surface area contributed by atoms with Gasteiger partial charge in [0.05, 0.1) is 0 Å². The zero-order chi connectivity index (χ0) is 9.30. The lowest BCUT2D eigenvalue weighted by molar-refractivity contribution is -0.133. The molecule has 0 spiro atoms. The average Bonchev–Trinajstić information content (AvgIpc) is 1.96. The third-order valence-electron chi connectivity index (χ3n) is 1.22.